The van der Waals surface area contributed by atoms with Crippen molar-refractivity contribution in [2.24, 2.45) is 5.92 Å². The summed E-state index contributed by atoms with van der Waals surface area (Å²) in [6.45, 7) is 6.43. The molecule has 0 spiro atoms. The number of amides is 1. The number of aryl methyl sites for hydroxylation is 1. The number of nitrogens with one attached hydrogen (secondary N) is 1. The van der Waals surface area contributed by atoms with Gasteiger partial charge in [-0.05, 0) is 25.3 Å². The number of hydrogen-bond acceptors (Lipinski definition) is 3. The number of morpholine rings is 1. The first kappa shape index (κ1) is 15.5. The van der Waals surface area contributed by atoms with Crippen molar-refractivity contribution < 1.29 is 9.53 Å². The fourth-order valence-corrected chi connectivity index (χ4v) is 3.04. The third-order valence-electron chi connectivity index (χ3n) is 4.82. The molecule has 4 heteroatoms. The van der Waals surface area contributed by atoms with Crippen LogP contribution in [-0.2, 0) is 9.53 Å². The number of carbonyl (C=O) groups is 1. The average molecular weight is 302 g/mol. The van der Waals surface area contributed by atoms with Gasteiger partial charge >= 0.3 is 0 Å². The summed E-state index contributed by atoms with van der Waals surface area (Å²) in [6, 6.07) is 8.60. The Hall–Kier alpha value is -1.39. The lowest BCUT2D eigenvalue weighted by Crippen LogP contribution is -2.45. The van der Waals surface area contributed by atoms with Gasteiger partial charge in [-0.15, -0.1) is 0 Å². The molecule has 0 radical (unpaired) electrons. The Bertz CT molecular complexity index is 490. The topological polar surface area (TPSA) is 41.6 Å². The Morgan fingerprint density at radius 2 is 1.95 bits per heavy atom. The fourth-order valence-electron chi connectivity index (χ4n) is 3.04. The normalized spacial score (nSPS) is 21.1. The molecule has 1 amide bonds. The van der Waals surface area contributed by atoms with E-state index in [0.29, 0.717) is 0 Å². The Morgan fingerprint density at radius 3 is 2.55 bits per heavy atom. The molecule has 22 heavy (non-hydrogen) atoms. The summed E-state index contributed by atoms with van der Waals surface area (Å²) < 4.78 is 5.42. The summed E-state index contributed by atoms with van der Waals surface area (Å²) in [5.74, 6) is 0.461. The van der Waals surface area contributed by atoms with E-state index < -0.39 is 0 Å². The summed E-state index contributed by atoms with van der Waals surface area (Å²) in [5.41, 5.74) is 2.45. The zero-order valence-corrected chi connectivity index (χ0v) is 13.4. The summed E-state index contributed by atoms with van der Waals surface area (Å²) in [6.07, 6.45) is 3.28. The van der Waals surface area contributed by atoms with Gasteiger partial charge in [-0.3, -0.25) is 9.69 Å². The molecule has 0 unspecified atom stereocenters. The molecule has 1 atom stereocenters. The molecular formula is C18H26N2O2. The van der Waals surface area contributed by atoms with E-state index in [-0.39, 0.29) is 17.9 Å². The molecule has 120 valence electrons. The first-order valence-electron chi connectivity index (χ1n) is 8.39. The summed E-state index contributed by atoms with van der Waals surface area (Å²) in [5, 5.41) is 3.28. The van der Waals surface area contributed by atoms with Gasteiger partial charge in [0.25, 0.3) is 0 Å². The Kier molecular flexibility index (Phi) is 5.11. The number of benzene rings is 1. The van der Waals surface area contributed by atoms with Gasteiger partial charge in [-0.25, -0.2) is 0 Å². The van der Waals surface area contributed by atoms with E-state index >= 15 is 0 Å². The molecule has 2 fully saturated rings. The molecule has 1 N–H and O–H groups in total. The highest BCUT2D eigenvalue weighted by molar-refractivity contribution is 5.79. The van der Waals surface area contributed by atoms with Crippen molar-refractivity contribution in [1.29, 1.82) is 0 Å². The molecule has 4 nitrogen and oxygen atoms in total. The van der Waals surface area contributed by atoms with Gasteiger partial charge in [0, 0.05) is 25.6 Å². The van der Waals surface area contributed by atoms with Gasteiger partial charge in [0.15, 0.2) is 0 Å². The molecule has 0 aromatic heterocycles. The average Bonchev–Trinajstić information content (AvgIpc) is 2.46. The van der Waals surface area contributed by atoms with Crippen LogP contribution >= 0.6 is 0 Å². The standard InChI is InChI=1S/C18H26N2O2/c1-14-5-7-15(8-6-14)17(13-20-9-11-22-12-10-20)19-18(21)16-3-2-4-16/h5-8,16-17H,2-4,9-13H2,1H3,(H,19,21)/t17-/m0/s1. The van der Waals surface area contributed by atoms with Crippen molar-refractivity contribution in [1.82, 2.24) is 10.2 Å². The van der Waals surface area contributed by atoms with Crippen LogP contribution in [0.1, 0.15) is 36.4 Å². The van der Waals surface area contributed by atoms with Crippen molar-refractivity contribution in [3.63, 3.8) is 0 Å². The van der Waals surface area contributed by atoms with E-state index in [4.69, 9.17) is 4.74 Å². The minimum absolute atomic E-state index is 0.0757. The Balaban J connectivity index is 1.68. The van der Waals surface area contributed by atoms with Crippen LogP contribution < -0.4 is 5.32 Å². The molecule has 1 saturated carbocycles. The first-order chi connectivity index (χ1) is 10.7. The molecule has 0 bridgehead atoms. The number of nitrogens with zero attached hydrogens (tertiary/aromatic N) is 1. The van der Waals surface area contributed by atoms with E-state index in [1.54, 1.807) is 0 Å². The third-order valence-corrected chi connectivity index (χ3v) is 4.82. The predicted molar refractivity (Wildman–Crippen MR) is 86.7 cm³/mol. The van der Waals surface area contributed by atoms with Gasteiger partial charge in [0.1, 0.15) is 0 Å². The quantitative estimate of drug-likeness (QED) is 0.907. The van der Waals surface area contributed by atoms with Crippen LogP contribution in [0.2, 0.25) is 0 Å². The summed E-state index contributed by atoms with van der Waals surface area (Å²) >= 11 is 0. The molecule has 3 rings (SSSR count). The minimum atomic E-state index is 0.0757. The second kappa shape index (κ2) is 7.25. The molecular weight excluding hydrogens is 276 g/mol. The number of rotatable bonds is 5. The predicted octanol–water partition coefficient (Wildman–Crippen LogP) is 2.28. The lowest BCUT2D eigenvalue weighted by atomic mass is 9.84. The monoisotopic (exact) mass is 302 g/mol. The Labute approximate surface area is 132 Å². The summed E-state index contributed by atoms with van der Waals surface area (Å²) in [4.78, 5) is 14.7. The number of hydrogen-bond donors (Lipinski definition) is 1. The van der Waals surface area contributed by atoms with Gasteiger partial charge in [-0.2, -0.15) is 0 Å². The van der Waals surface area contributed by atoms with Crippen LogP contribution in [0.15, 0.2) is 24.3 Å². The second-order valence-electron chi connectivity index (χ2n) is 6.51. The smallest absolute Gasteiger partial charge is 0.223 e. The van der Waals surface area contributed by atoms with E-state index in [9.17, 15) is 4.79 Å². The van der Waals surface area contributed by atoms with E-state index in [1.165, 1.54) is 17.5 Å². The third kappa shape index (κ3) is 3.87. The van der Waals surface area contributed by atoms with Crippen LogP contribution in [0.3, 0.4) is 0 Å². The van der Waals surface area contributed by atoms with E-state index in [0.717, 1.165) is 45.7 Å². The van der Waals surface area contributed by atoms with Crippen molar-refractivity contribution in [2.75, 3.05) is 32.8 Å². The number of carbonyl (C=O) groups excluding carboxylic acids is 1. The van der Waals surface area contributed by atoms with Gasteiger partial charge in [0.2, 0.25) is 5.91 Å². The molecule has 1 saturated heterocycles. The van der Waals surface area contributed by atoms with E-state index in [2.05, 4.69) is 41.4 Å². The maximum atomic E-state index is 12.4. The molecule has 1 aromatic carbocycles. The van der Waals surface area contributed by atoms with Gasteiger partial charge in [-0.1, -0.05) is 36.2 Å². The van der Waals surface area contributed by atoms with Crippen LogP contribution in [0, 0.1) is 12.8 Å². The van der Waals surface area contributed by atoms with Crippen LogP contribution in [0.25, 0.3) is 0 Å². The number of ether oxygens (including phenoxy) is 1. The minimum Gasteiger partial charge on any atom is -0.379 e. The zero-order valence-electron chi connectivity index (χ0n) is 13.4. The largest absolute Gasteiger partial charge is 0.379 e. The molecule has 1 heterocycles. The lowest BCUT2D eigenvalue weighted by Gasteiger charge is -2.33. The molecule has 1 aromatic rings. The maximum Gasteiger partial charge on any atom is 0.223 e. The van der Waals surface area contributed by atoms with Crippen LogP contribution in [0.4, 0.5) is 0 Å². The maximum absolute atomic E-state index is 12.4. The fraction of sp³-hybridized carbons (Fsp3) is 0.611. The highest BCUT2D eigenvalue weighted by atomic mass is 16.5. The summed E-state index contributed by atoms with van der Waals surface area (Å²) in [7, 11) is 0. The zero-order chi connectivity index (χ0) is 15.4. The van der Waals surface area contributed by atoms with Crippen molar-refractivity contribution >= 4 is 5.91 Å². The van der Waals surface area contributed by atoms with E-state index in [1.807, 2.05) is 0 Å². The molecule has 2 aliphatic rings. The van der Waals surface area contributed by atoms with Crippen LogP contribution in [-0.4, -0.2) is 43.7 Å². The molecule has 1 aliphatic carbocycles. The van der Waals surface area contributed by atoms with Gasteiger partial charge < -0.3 is 10.1 Å². The second-order valence-corrected chi connectivity index (χ2v) is 6.51. The highest BCUT2D eigenvalue weighted by Crippen LogP contribution is 2.27. The van der Waals surface area contributed by atoms with Crippen molar-refractivity contribution in [2.45, 2.75) is 32.2 Å². The van der Waals surface area contributed by atoms with Crippen LogP contribution in [0.5, 0.6) is 0 Å². The molecule has 1 aliphatic heterocycles. The van der Waals surface area contributed by atoms with Crippen molar-refractivity contribution in [3.05, 3.63) is 35.4 Å². The SMILES string of the molecule is Cc1ccc([C@H](CN2CCOCC2)NC(=O)C2CCC2)cc1. The van der Waals surface area contributed by atoms with Gasteiger partial charge in [0.05, 0.1) is 19.3 Å². The highest BCUT2D eigenvalue weighted by Gasteiger charge is 2.28. The first-order valence-corrected chi connectivity index (χ1v) is 8.39. The lowest BCUT2D eigenvalue weighted by molar-refractivity contribution is -0.128. The Morgan fingerprint density at radius 1 is 1.27 bits per heavy atom. The van der Waals surface area contributed by atoms with Crippen molar-refractivity contribution in [3.8, 4) is 0 Å².